The van der Waals surface area contributed by atoms with Crippen LogP contribution in [0.4, 0.5) is 0 Å². The van der Waals surface area contributed by atoms with Crippen molar-refractivity contribution in [3.05, 3.63) is 96.1 Å². The molecule has 256 valence electrons. The lowest BCUT2D eigenvalue weighted by molar-refractivity contribution is -0.168. The number of fused-ring (bicyclic) bond motifs is 2. The zero-order valence-electron chi connectivity index (χ0n) is 27.9. The molecule has 0 aromatic heterocycles. The van der Waals surface area contributed by atoms with E-state index in [1.54, 1.807) is 27.7 Å². The Labute approximate surface area is 284 Å². The average Bonchev–Trinajstić information content (AvgIpc) is 3.06. The van der Waals surface area contributed by atoms with Gasteiger partial charge in [-0.05, 0) is 44.5 Å². The van der Waals surface area contributed by atoms with Crippen LogP contribution in [0.1, 0.15) is 45.2 Å². The van der Waals surface area contributed by atoms with Gasteiger partial charge in [0.15, 0.2) is 0 Å². The average molecular weight is 668 g/mol. The number of carbonyl (C=O) groups is 6. The fourth-order valence-electron chi connectivity index (χ4n) is 5.40. The van der Waals surface area contributed by atoms with Crippen LogP contribution in [0.3, 0.4) is 0 Å². The quantitative estimate of drug-likeness (QED) is 0.141. The van der Waals surface area contributed by atoms with Crippen LogP contribution < -0.4 is 16.4 Å². The molecule has 0 bridgehead atoms. The molecule has 3 atom stereocenters. The number of ether oxygens (including phenoxy) is 2. The molecule has 2 amide bonds. The zero-order valence-corrected chi connectivity index (χ0v) is 27.9. The van der Waals surface area contributed by atoms with Crippen molar-refractivity contribution in [3.8, 4) is 0 Å². The van der Waals surface area contributed by atoms with Crippen LogP contribution >= 0.6 is 0 Å². The number of benzene rings is 4. The summed E-state index contributed by atoms with van der Waals surface area (Å²) in [5, 5.41) is 9.00. The van der Waals surface area contributed by atoms with E-state index in [4.69, 9.17) is 15.2 Å². The molecule has 4 aromatic carbocycles. The van der Waals surface area contributed by atoms with E-state index < -0.39 is 72.1 Å². The highest BCUT2D eigenvalue weighted by Gasteiger charge is 2.32. The van der Waals surface area contributed by atoms with Crippen molar-refractivity contribution in [2.75, 3.05) is 0 Å². The topological polar surface area (TPSA) is 171 Å². The number of nitrogens with one attached hydrogen (secondary N) is 2. The minimum absolute atomic E-state index is 0.00245. The summed E-state index contributed by atoms with van der Waals surface area (Å²) in [5.41, 5.74) is 7.36. The van der Waals surface area contributed by atoms with Crippen LogP contribution in [0.15, 0.2) is 84.9 Å². The van der Waals surface area contributed by atoms with Gasteiger partial charge in [-0.25, -0.2) is 14.4 Å². The molecule has 0 radical (unpaired) electrons. The van der Waals surface area contributed by atoms with Crippen LogP contribution in [0.2, 0.25) is 0 Å². The summed E-state index contributed by atoms with van der Waals surface area (Å²) in [4.78, 5) is 76.8. The molecular weight excluding hydrogens is 626 g/mol. The summed E-state index contributed by atoms with van der Waals surface area (Å²) in [6.07, 6.45) is -0.782. The molecule has 0 heterocycles. The van der Waals surface area contributed by atoms with Crippen LogP contribution in [-0.2, 0) is 51.1 Å². The van der Waals surface area contributed by atoms with Crippen molar-refractivity contribution in [2.45, 2.75) is 65.1 Å². The lowest BCUT2D eigenvalue weighted by Crippen LogP contribution is -2.48. The second-order valence-corrected chi connectivity index (χ2v) is 12.6. The molecule has 0 unspecified atom stereocenters. The summed E-state index contributed by atoms with van der Waals surface area (Å²) < 4.78 is 9.85. The largest absolute Gasteiger partial charge is 0.392 e. The Hall–Kier alpha value is -5.42. The number of rotatable bonds is 13. The molecule has 0 aliphatic rings. The number of esters is 4. The Morgan fingerprint density at radius 2 is 0.980 bits per heavy atom. The monoisotopic (exact) mass is 667 g/mol. The highest BCUT2D eigenvalue weighted by atomic mass is 16.6. The van der Waals surface area contributed by atoms with Gasteiger partial charge in [-0.1, -0.05) is 113 Å². The predicted molar refractivity (Wildman–Crippen MR) is 184 cm³/mol. The molecule has 4 rings (SSSR count). The van der Waals surface area contributed by atoms with Gasteiger partial charge < -0.3 is 25.8 Å². The molecule has 0 saturated heterocycles. The van der Waals surface area contributed by atoms with Gasteiger partial charge in [0.1, 0.15) is 18.1 Å². The van der Waals surface area contributed by atoms with E-state index in [-0.39, 0.29) is 12.8 Å². The fourth-order valence-corrected chi connectivity index (χ4v) is 5.40. The molecule has 0 spiro atoms. The first kappa shape index (κ1) is 36.4. The molecule has 4 N–H and O–H groups in total. The van der Waals surface area contributed by atoms with E-state index in [1.807, 2.05) is 84.9 Å². The molecular formula is C38H41N3O8. The van der Waals surface area contributed by atoms with Gasteiger partial charge >= 0.3 is 23.9 Å². The summed E-state index contributed by atoms with van der Waals surface area (Å²) in [6, 6.07) is 22.4. The summed E-state index contributed by atoms with van der Waals surface area (Å²) >= 11 is 0. The Morgan fingerprint density at radius 1 is 0.571 bits per heavy atom. The highest BCUT2D eigenvalue weighted by Crippen LogP contribution is 2.20. The van der Waals surface area contributed by atoms with E-state index in [1.165, 1.54) is 0 Å². The normalized spacial score (nSPS) is 13.0. The first-order chi connectivity index (χ1) is 23.3. The van der Waals surface area contributed by atoms with Gasteiger partial charge in [0.25, 0.3) is 0 Å². The highest BCUT2D eigenvalue weighted by molar-refractivity contribution is 5.97. The lowest BCUT2D eigenvalue weighted by atomic mass is 10.0. The van der Waals surface area contributed by atoms with Crippen molar-refractivity contribution in [2.24, 2.45) is 17.6 Å². The third-order valence-corrected chi connectivity index (χ3v) is 8.04. The van der Waals surface area contributed by atoms with E-state index in [2.05, 4.69) is 10.6 Å². The van der Waals surface area contributed by atoms with Gasteiger partial charge in [0.2, 0.25) is 11.8 Å². The number of nitrogens with two attached hydrogens (primary N) is 1. The van der Waals surface area contributed by atoms with Crippen LogP contribution in [0.5, 0.6) is 0 Å². The first-order valence-corrected chi connectivity index (χ1v) is 16.1. The second kappa shape index (κ2) is 16.6. The van der Waals surface area contributed by atoms with Crippen LogP contribution in [0.25, 0.3) is 21.5 Å². The second-order valence-electron chi connectivity index (χ2n) is 12.6. The van der Waals surface area contributed by atoms with E-state index >= 15 is 0 Å². The molecule has 0 fully saturated rings. The Balaban J connectivity index is 1.28. The Bertz CT molecular complexity index is 1860. The van der Waals surface area contributed by atoms with E-state index in [9.17, 15) is 28.8 Å². The van der Waals surface area contributed by atoms with Crippen molar-refractivity contribution in [1.29, 1.82) is 0 Å². The maximum Gasteiger partial charge on any atom is 0.336 e. The van der Waals surface area contributed by atoms with Gasteiger partial charge in [-0.3, -0.25) is 14.4 Å². The first-order valence-electron chi connectivity index (χ1n) is 16.1. The number of hydrogen-bond acceptors (Lipinski definition) is 9. The summed E-state index contributed by atoms with van der Waals surface area (Å²) in [5.74, 6) is -6.20. The zero-order chi connectivity index (χ0) is 35.7. The molecule has 0 aliphatic heterocycles. The molecule has 11 nitrogen and oxygen atoms in total. The van der Waals surface area contributed by atoms with Gasteiger partial charge in [0, 0.05) is 0 Å². The Kier molecular flexibility index (Phi) is 12.3. The smallest absolute Gasteiger partial charge is 0.336 e. The predicted octanol–water partition coefficient (Wildman–Crippen LogP) is 3.92. The molecule has 0 aliphatic carbocycles. The lowest BCUT2D eigenvalue weighted by Gasteiger charge is -2.22. The maximum atomic E-state index is 12.9. The van der Waals surface area contributed by atoms with Gasteiger partial charge in [-0.2, -0.15) is 0 Å². The molecule has 49 heavy (non-hydrogen) atoms. The van der Waals surface area contributed by atoms with Gasteiger partial charge in [0.05, 0.1) is 19.3 Å². The van der Waals surface area contributed by atoms with E-state index in [0.29, 0.717) is 0 Å². The summed E-state index contributed by atoms with van der Waals surface area (Å²) in [7, 11) is 0. The molecule has 0 saturated carbocycles. The third-order valence-electron chi connectivity index (χ3n) is 8.04. The third kappa shape index (κ3) is 9.80. The number of hydrogen-bond donors (Lipinski definition) is 3. The van der Waals surface area contributed by atoms with Gasteiger partial charge in [-0.15, -0.1) is 0 Å². The summed E-state index contributed by atoms with van der Waals surface area (Å²) in [6.45, 7) is 6.69. The molecule has 4 aromatic rings. The van der Waals surface area contributed by atoms with Crippen molar-refractivity contribution < 1.29 is 38.2 Å². The fraction of sp³-hybridized carbons (Fsp3) is 0.316. The van der Waals surface area contributed by atoms with Crippen molar-refractivity contribution in [1.82, 2.24) is 10.6 Å². The standard InChI is InChI=1S/C38H41N3O8/c1-22(2)34(40-31(42)19-26-15-9-13-24-11-5-7-17-28(24)26)37(46)48-33(44)21-30(39)36(45)49-38(47)35(23(3)4)41-32(43)20-27-16-10-14-25-12-6-8-18-29(25)27/h5-18,22-23,30,34-35H,19-21,39H2,1-4H3,(H,40,42)(H,41,43)/t30-,34-,35-/m0/s1. The SMILES string of the molecule is CC(C)[C@H](NC(=O)Cc1cccc2ccccc12)C(=O)OC(=O)C[C@H](N)C(=O)OC(=O)[C@@H](NC(=O)Cc1cccc2ccccc12)C(C)C. The van der Waals surface area contributed by atoms with Crippen LogP contribution in [0, 0.1) is 11.8 Å². The van der Waals surface area contributed by atoms with Crippen molar-refractivity contribution >= 4 is 57.2 Å². The minimum atomic E-state index is -1.64. The van der Waals surface area contributed by atoms with Crippen molar-refractivity contribution in [3.63, 3.8) is 0 Å². The van der Waals surface area contributed by atoms with Crippen LogP contribution in [-0.4, -0.2) is 53.8 Å². The minimum Gasteiger partial charge on any atom is -0.392 e. The number of carbonyl (C=O) groups excluding carboxylic acids is 6. The van der Waals surface area contributed by atoms with E-state index in [0.717, 1.165) is 32.7 Å². The maximum absolute atomic E-state index is 12.9. The Morgan fingerprint density at radius 3 is 1.43 bits per heavy atom. The number of amides is 2. The molecule has 11 heteroatoms.